The molecule has 0 aliphatic heterocycles. The summed E-state index contributed by atoms with van der Waals surface area (Å²) < 4.78 is 1.80. The maximum absolute atomic E-state index is 14.2. The Morgan fingerprint density at radius 1 is 1.00 bits per heavy atom. The fourth-order valence-corrected chi connectivity index (χ4v) is 5.33. The van der Waals surface area contributed by atoms with E-state index in [-0.39, 0.29) is 24.4 Å². The Bertz CT molecular complexity index is 1430. The second-order valence-electron chi connectivity index (χ2n) is 10.1. The van der Waals surface area contributed by atoms with Crippen LogP contribution in [0.5, 0.6) is 0 Å². The van der Waals surface area contributed by atoms with Gasteiger partial charge in [-0.3, -0.25) is 14.5 Å². The van der Waals surface area contributed by atoms with Crippen LogP contribution in [-0.4, -0.2) is 37.4 Å². The van der Waals surface area contributed by atoms with Crippen molar-refractivity contribution >= 4 is 17.5 Å². The molecule has 200 valence electrons. The molecule has 0 radical (unpaired) electrons. The van der Waals surface area contributed by atoms with Crippen LogP contribution in [0.3, 0.4) is 0 Å². The van der Waals surface area contributed by atoms with Crippen LogP contribution in [0.4, 0.5) is 5.69 Å². The number of aromatic nitrogens is 4. The van der Waals surface area contributed by atoms with E-state index in [1.165, 1.54) is 12.7 Å². The molecule has 0 spiro atoms. The Hall–Kier alpha value is -4.33. The quantitative estimate of drug-likeness (QED) is 0.344. The fraction of sp³-hybridized carbons (Fsp3) is 0.323. The smallest absolute Gasteiger partial charge is 0.248 e. The first kappa shape index (κ1) is 26.3. The van der Waals surface area contributed by atoms with Gasteiger partial charge in [0.2, 0.25) is 11.8 Å². The highest BCUT2D eigenvalue weighted by molar-refractivity contribution is 6.02. The van der Waals surface area contributed by atoms with E-state index in [4.69, 9.17) is 0 Å². The summed E-state index contributed by atoms with van der Waals surface area (Å²) in [5.41, 5.74) is 4.07. The van der Waals surface area contributed by atoms with Crippen molar-refractivity contribution in [3.05, 3.63) is 96.6 Å². The van der Waals surface area contributed by atoms with Crippen LogP contribution in [0, 0.1) is 13.8 Å². The molecule has 1 aliphatic carbocycles. The van der Waals surface area contributed by atoms with Crippen LogP contribution in [0.15, 0.2) is 79.6 Å². The van der Waals surface area contributed by atoms with Crippen molar-refractivity contribution in [2.45, 2.75) is 64.6 Å². The summed E-state index contributed by atoms with van der Waals surface area (Å²) in [4.78, 5) is 42.6. The lowest BCUT2D eigenvalue weighted by Crippen LogP contribution is -2.48. The zero-order valence-corrected chi connectivity index (χ0v) is 22.5. The number of hydrogen-bond acceptors (Lipinski definition) is 5. The maximum atomic E-state index is 14.2. The average molecular weight is 523 g/mol. The van der Waals surface area contributed by atoms with Crippen molar-refractivity contribution in [1.82, 2.24) is 24.8 Å². The van der Waals surface area contributed by atoms with E-state index < -0.39 is 6.04 Å². The van der Waals surface area contributed by atoms with Crippen molar-refractivity contribution in [2.24, 2.45) is 0 Å². The van der Waals surface area contributed by atoms with E-state index in [2.05, 4.69) is 20.3 Å². The van der Waals surface area contributed by atoms with Gasteiger partial charge >= 0.3 is 0 Å². The van der Waals surface area contributed by atoms with E-state index in [1.54, 1.807) is 34.3 Å². The van der Waals surface area contributed by atoms with Crippen LogP contribution in [0.2, 0.25) is 0 Å². The molecule has 39 heavy (non-hydrogen) atoms. The summed E-state index contributed by atoms with van der Waals surface area (Å²) in [5.74, 6) is 0.363. The lowest BCUT2D eigenvalue weighted by atomic mass is 9.93. The first-order valence-electron chi connectivity index (χ1n) is 13.5. The van der Waals surface area contributed by atoms with E-state index in [1.807, 2.05) is 62.4 Å². The van der Waals surface area contributed by atoms with Gasteiger partial charge in [-0.05, 0) is 55.5 Å². The van der Waals surface area contributed by atoms with Gasteiger partial charge in [0.25, 0.3) is 0 Å². The summed E-state index contributed by atoms with van der Waals surface area (Å²) in [6, 6.07) is 14.7. The third kappa shape index (κ3) is 6.06. The molecular formula is C31H34N6O2. The third-order valence-electron chi connectivity index (χ3n) is 7.46. The molecule has 4 aromatic rings. The minimum Gasteiger partial charge on any atom is -0.351 e. The average Bonchev–Trinajstić information content (AvgIpc) is 3.37. The number of imidazole rings is 1. The number of carbonyl (C=O) groups is 2. The SMILES string of the molecule is Cc1ccccc1C(C(=O)NC1CCCCC1)N(C(=O)Cn1ccnc1C)c1cccc(-c2cncnc2)c1. The van der Waals surface area contributed by atoms with E-state index in [0.717, 1.165) is 53.8 Å². The van der Waals surface area contributed by atoms with Gasteiger partial charge in [0.15, 0.2) is 0 Å². The molecule has 2 amide bonds. The molecule has 1 saturated carbocycles. The van der Waals surface area contributed by atoms with E-state index >= 15 is 0 Å². The molecule has 1 N–H and O–H groups in total. The van der Waals surface area contributed by atoms with Crippen LogP contribution in [-0.2, 0) is 16.1 Å². The lowest BCUT2D eigenvalue weighted by molar-refractivity contribution is -0.127. The minimum absolute atomic E-state index is 0.0591. The maximum Gasteiger partial charge on any atom is 0.248 e. The van der Waals surface area contributed by atoms with Crippen LogP contribution in [0.25, 0.3) is 11.1 Å². The number of anilines is 1. The molecule has 2 aromatic carbocycles. The second kappa shape index (κ2) is 12.0. The van der Waals surface area contributed by atoms with E-state index in [0.29, 0.717) is 5.69 Å². The summed E-state index contributed by atoms with van der Waals surface area (Å²) in [5, 5.41) is 3.29. The van der Waals surface area contributed by atoms with Crippen molar-refractivity contribution in [2.75, 3.05) is 4.90 Å². The summed E-state index contributed by atoms with van der Waals surface area (Å²) in [7, 11) is 0. The molecule has 0 bridgehead atoms. The molecule has 8 heteroatoms. The van der Waals surface area contributed by atoms with Gasteiger partial charge in [0, 0.05) is 42.1 Å². The van der Waals surface area contributed by atoms with Gasteiger partial charge in [-0.25, -0.2) is 15.0 Å². The lowest BCUT2D eigenvalue weighted by Gasteiger charge is -2.34. The number of amides is 2. The number of nitrogens with one attached hydrogen (secondary N) is 1. The van der Waals surface area contributed by atoms with Gasteiger partial charge in [0.1, 0.15) is 24.7 Å². The summed E-state index contributed by atoms with van der Waals surface area (Å²) in [6.45, 7) is 3.91. The highest BCUT2D eigenvalue weighted by Crippen LogP contribution is 2.33. The predicted octanol–water partition coefficient (Wildman–Crippen LogP) is 5.18. The molecule has 1 unspecified atom stereocenters. The standard InChI is InChI=1S/C31H34N6O2/c1-22-9-6-7-14-28(22)30(31(39)35-26-11-4-3-5-12-26)37(29(38)20-36-16-15-34-23(36)2)27-13-8-10-24(17-27)25-18-32-21-33-19-25/h6-10,13-19,21,26,30H,3-5,11-12,20H2,1-2H3,(H,35,39). The fourth-order valence-electron chi connectivity index (χ4n) is 5.33. The first-order chi connectivity index (χ1) is 19.0. The van der Waals surface area contributed by atoms with Gasteiger partial charge in [0.05, 0.1) is 0 Å². The van der Waals surface area contributed by atoms with Crippen LogP contribution in [0.1, 0.15) is 55.1 Å². The van der Waals surface area contributed by atoms with Gasteiger partial charge < -0.3 is 9.88 Å². The van der Waals surface area contributed by atoms with Crippen molar-refractivity contribution in [3.63, 3.8) is 0 Å². The number of aryl methyl sites for hydroxylation is 2. The molecule has 1 fully saturated rings. The summed E-state index contributed by atoms with van der Waals surface area (Å²) in [6.07, 6.45) is 13.7. The molecule has 8 nitrogen and oxygen atoms in total. The van der Waals surface area contributed by atoms with Gasteiger partial charge in [-0.1, -0.05) is 55.7 Å². The Kier molecular flexibility index (Phi) is 8.10. The topological polar surface area (TPSA) is 93.0 Å². The van der Waals surface area contributed by atoms with Crippen LogP contribution < -0.4 is 10.2 Å². The second-order valence-corrected chi connectivity index (χ2v) is 10.1. The first-order valence-corrected chi connectivity index (χ1v) is 13.5. The molecule has 0 saturated heterocycles. The van der Waals surface area contributed by atoms with Gasteiger partial charge in [-0.2, -0.15) is 0 Å². The molecule has 5 rings (SSSR count). The van der Waals surface area contributed by atoms with Crippen molar-refractivity contribution in [3.8, 4) is 11.1 Å². The minimum atomic E-state index is -0.841. The number of benzene rings is 2. The zero-order valence-electron chi connectivity index (χ0n) is 22.5. The molecule has 1 atom stereocenters. The Morgan fingerprint density at radius 3 is 2.49 bits per heavy atom. The predicted molar refractivity (Wildman–Crippen MR) is 151 cm³/mol. The molecule has 1 aliphatic rings. The Balaban J connectivity index is 1.61. The Morgan fingerprint density at radius 2 is 1.77 bits per heavy atom. The normalized spacial score (nSPS) is 14.5. The third-order valence-corrected chi connectivity index (χ3v) is 7.46. The largest absolute Gasteiger partial charge is 0.351 e. The van der Waals surface area contributed by atoms with Crippen LogP contribution >= 0.6 is 0 Å². The van der Waals surface area contributed by atoms with E-state index in [9.17, 15) is 9.59 Å². The summed E-state index contributed by atoms with van der Waals surface area (Å²) >= 11 is 0. The monoisotopic (exact) mass is 522 g/mol. The molecule has 2 aromatic heterocycles. The molecule has 2 heterocycles. The van der Waals surface area contributed by atoms with Crippen molar-refractivity contribution < 1.29 is 9.59 Å². The highest BCUT2D eigenvalue weighted by atomic mass is 16.2. The number of carbonyl (C=O) groups excluding carboxylic acids is 2. The number of rotatable bonds is 8. The number of hydrogen-bond donors (Lipinski definition) is 1. The van der Waals surface area contributed by atoms with Crippen molar-refractivity contribution in [1.29, 1.82) is 0 Å². The zero-order chi connectivity index (χ0) is 27.2. The highest BCUT2D eigenvalue weighted by Gasteiger charge is 2.35. The molecular weight excluding hydrogens is 488 g/mol. The van der Waals surface area contributed by atoms with Gasteiger partial charge in [-0.15, -0.1) is 0 Å². The number of nitrogens with zero attached hydrogens (tertiary/aromatic N) is 5. The Labute approximate surface area is 229 Å².